The fourth-order valence-corrected chi connectivity index (χ4v) is 5.47. The molecule has 0 aromatic heterocycles. The molecule has 2 aliphatic rings. The molecule has 0 aliphatic carbocycles. The van der Waals surface area contributed by atoms with Crippen molar-refractivity contribution in [2.45, 2.75) is 38.9 Å². The van der Waals surface area contributed by atoms with E-state index in [0.717, 1.165) is 32.7 Å². The minimum atomic E-state index is 0.349. The number of hydrogen-bond donors (Lipinski definition) is 0. The highest BCUT2D eigenvalue weighted by atomic mass is 15.3. The molecule has 0 spiro atoms. The fraction of sp³-hybridized carbons (Fsp3) is 0.379. The number of anilines is 1. The van der Waals surface area contributed by atoms with E-state index in [1.807, 2.05) is 0 Å². The molecule has 2 aliphatic heterocycles. The van der Waals surface area contributed by atoms with E-state index in [2.05, 4.69) is 107 Å². The van der Waals surface area contributed by atoms with Gasteiger partial charge in [-0.3, -0.25) is 9.80 Å². The Labute approximate surface area is 193 Å². The van der Waals surface area contributed by atoms with Crippen molar-refractivity contribution < 1.29 is 0 Å². The number of rotatable bonds is 7. The first-order valence-electron chi connectivity index (χ1n) is 12.2. The van der Waals surface area contributed by atoms with Crippen molar-refractivity contribution in [1.29, 1.82) is 0 Å². The van der Waals surface area contributed by atoms with Crippen LogP contribution in [0.15, 0.2) is 78.9 Å². The molecule has 3 aromatic carbocycles. The van der Waals surface area contributed by atoms with Gasteiger partial charge >= 0.3 is 0 Å². The van der Waals surface area contributed by atoms with Crippen molar-refractivity contribution in [1.82, 2.24) is 9.80 Å². The lowest BCUT2D eigenvalue weighted by molar-refractivity contribution is 0.00728. The summed E-state index contributed by atoms with van der Waals surface area (Å²) in [7, 11) is 0. The second kappa shape index (κ2) is 9.48. The summed E-state index contributed by atoms with van der Waals surface area (Å²) in [6, 6.07) is 30.1. The molecule has 0 saturated carbocycles. The summed E-state index contributed by atoms with van der Waals surface area (Å²) in [4.78, 5) is 7.81. The van der Waals surface area contributed by atoms with Crippen LogP contribution in [0.1, 0.15) is 42.1 Å². The molecule has 1 fully saturated rings. The second-order valence-corrected chi connectivity index (χ2v) is 9.18. The predicted octanol–water partition coefficient (Wildman–Crippen LogP) is 5.36. The van der Waals surface area contributed by atoms with E-state index >= 15 is 0 Å². The molecule has 0 amide bonds. The van der Waals surface area contributed by atoms with E-state index in [-0.39, 0.29) is 0 Å². The predicted molar refractivity (Wildman–Crippen MR) is 134 cm³/mol. The minimum absolute atomic E-state index is 0.349. The zero-order chi connectivity index (χ0) is 21.9. The maximum absolute atomic E-state index is 2.71. The summed E-state index contributed by atoms with van der Waals surface area (Å²) in [5, 5.41) is 0. The van der Waals surface area contributed by atoms with Gasteiger partial charge < -0.3 is 4.90 Å². The Balaban J connectivity index is 1.27. The first-order valence-corrected chi connectivity index (χ1v) is 12.2. The Morgan fingerprint density at radius 1 is 0.812 bits per heavy atom. The molecule has 166 valence electrons. The highest BCUT2D eigenvalue weighted by Gasteiger charge is 2.38. The third kappa shape index (κ3) is 4.20. The number of nitrogens with zero attached hydrogens (tertiary/aromatic N) is 3. The zero-order valence-electron chi connectivity index (χ0n) is 19.5. The van der Waals surface area contributed by atoms with Crippen LogP contribution in [0, 0.1) is 0 Å². The van der Waals surface area contributed by atoms with Crippen molar-refractivity contribution in [3.05, 3.63) is 101 Å². The van der Waals surface area contributed by atoms with Crippen LogP contribution in [-0.2, 0) is 13.0 Å². The lowest BCUT2D eigenvalue weighted by Crippen LogP contribution is -2.60. The van der Waals surface area contributed by atoms with Gasteiger partial charge in [0.1, 0.15) is 0 Å². The van der Waals surface area contributed by atoms with Gasteiger partial charge in [-0.05, 0) is 54.7 Å². The Hall–Kier alpha value is -2.62. The number of fused-ring (bicyclic) bond motifs is 1. The number of benzene rings is 3. The van der Waals surface area contributed by atoms with Gasteiger partial charge in [0.05, 0.1) is 6.04 Å². The Morgan fingerprint density at radius 2 is 1.44 bits per heavy atom. The van der Waals surface area contributed by atoms with E-state index in [0.29, 0.717) is 12.1 Å². The summed E-state index contributed by atoms with van der Waals surface area (Å²) in [6.07, 6.45) is 1.17. The van der Waals surface area contributed by atoms with Crippen molar-refractivity contribution in [3.8, 4) is 0 Å². The van der Waals surface area contributed by atoms with Crippen LogP contribution >= 0.6 is 0 Å². The maximum Gasteiger partial charge on any atom is 0.0602 e. The first kappa shape index (κ1) is 21.2. The fourth-order valence-electron chi connectivity index (χ4n) is 5.47. The van der Waals surface area contributed by atoms with Gasteiger partial charge in [0, 0.05) is 51.0 Å². The van der Waals surface area contributed by atoms with Crippen molar-refractivity contribution >= 4 is 5.69 Å². The molecule has 32 heavy (non-hydrogen) atoms. The minimum Gasteiger partial charge on any atom is -0.372 e. The molecule has 0 atom stereocenters. The molecular formula is C29H35N3. The first-order chi connectivity index (χ1) is 15.8. The van der Waals surface area contributed by atoms with Crippen LogP contribution in [0.25, 0.3) is 0 Å². The Kier molecular flexibility index (Phi) is 6.29. The van der Waals surface area contributed by atoms with Crippen LogP contribution in [0.4, 0.5) is 5.69 Å². The molecule has 3 aromatic rings. The average molecular weight is 426 g/mol. The van der Waals surface area contributed by atoms with Crippen LogP contribution < -0.4 is 4.90 Å². The summed E-state index contributed by atoms with van der Waals surface area (Å²) in [6.45, 7) is 11.2. The summed E-state index contributed by atoms with van der Waals surface area (Å²) < 4.78 is 0. The molecule has 5 rings (SSSR count). The summed E-state index contributed by atoms with van der Waals surface area (Å²) in [5.41, 5.74) is 7.24. The SMILES string of the molecule is CCN(CC)c1ccc2c(c1)CCN(C1CN(C(c3ccccc3)c3ccccc3)C1)C2. The van der Waals surface area contributed by atoms with Gasteiger partial charge in [-0.15, -0.1) is 0 Å². The summed E-state index contributed by atoms with van der Waals surface area (Å²) >= 11 is 0. The van der Waals surface area contributed by atoms with Gasteiger partial charge in [0.15, 0.2) is 0 Å². The Bertz CT molecular complexity index is 968. The van der Waals surface area contributed by atoms with E-state index in [4.69, 9.17) is 0 Å². The molecular weight excluding hydrogens is 390 g/mol. The highest BCUT2D eigenvalue weighted by Crippen LogP contribution is 2.35. The number of likely N-dealkylation sites (tertiary alicyclic amines) is 1. The summed E-state index contributed by atoms with van der Waals surface area (Å²) in [5.74, 6) is 0. The normalized spacial score (nSPS) is 17.2. The van der Waals surface area contributed by atoms with E-state index < -0.39 is 0 Å². The monoisotopic (exact) mass is 425 g/mol. The van der Waals surface area contributed by atoms with Crippen LogP contribution in [0.5, 0.6) is 0 Å². The molecule has 0 N–H and O–H groups in total. The smallest absolute Gasteiger partial charge is 0.0602 e. The van der Waals surface area contributed by atoms with E-state index in [9.17, 15) is 0 Å². The standard InChI is InChI=1S/C29H35N3/c1-3-30(4-2)27-16-15-26-20-31(18-17-25(26)19-27)28-21-32(22-28)29(23-11-7-5-8-12-23)24-13-9-6-10-14-24/h5-16,19,28-29H,3-4,17-18,20-22H2,1-2H3. The van der Waals surface area contributed by atoms with Gasteiger partial charge in [-0.1, -0.05) is 66.7 Å². The maximum atomic E-state index is 2.71. The van der Waals surface area contributed by atoms with Gasteiger partial charge in [-0.25, -0.2) is 0 Å². The molecule has 3 nitrogen and oxygen atoms in total. The van der Waals surface area contributed by atoms with Gasteiger partial charge in [0.2, 0.25) is 0 Å². The quantitative estimate of drug-likeness (QED) is 0.504. The van der Waals surface area contributed by atoms with Crippen LogP contribution in [0.2, 0.25) is 0 Å². The van der Waals surface area contributed by atoms with Crippen LogP contribution in [-0.4, -0.2) is 48.6 Å². The Morgan fingerprint density at radius 3 is 2.03 bits per heavy atom. The van der Waals surface area contributed by atoms with Gasteiger partial charge in [0.25, 0.3) is 0 Å². The molecule has 0 bridgehead atoms. The largest absolute Gasteiger partial charge is 0.372 e. The van der Waals surface area contributed by atoms with Crippen molar-refractivity contribution in [3.63, 3.8) is 0 Å². The molecule has 0 radical (unpaired) electrons. The van der Waals surface area contributed by atoms with E-state index in [1.165, 1.54) is 35.3 Å². The third-order valence-electron chi connectivity index (χ3n) is 7.36. The van der Waals surface area contributed by atoms with Gasteiger partial charge in [-0.2, -0.15) is 0 Å². The number of hydrogen-bond acceptors (Lipinski definition) is 3. The topological polar surface area (TPSA) is 9.72 Å². The second-order valence-electron chi connectivity index (χ2n) is 9.18. The van der Waals surface area contributed by atoms with Crippen LogP contribution in [0.3, 0.4) is 0 Å². The molecule has 1 saturated heterocycles. The third-order valence-corrected chi connectivity index (χ3v) is 7.36. The lowest BCUT2D eigenvalue weighted by atomic mass is 9.91. The average Bonchev–Trinajstić information content (AvgIpc) is 2.82. The molecule has 2 heterocycles. The molecule has 3 heteroatoms. The van der Waals surface area contributed by atoms with Crippen molar-refractivity contribution in [2.75, 3.05) is 37.6 Å². The van der Waals surface area contributed by atoms with E-state index in [1.54, 1.807) is 5.56 Å². The zero-order valence-corrected chi connectivity index (χ0v) is 19.5. The lowest BCUT2D eigenvalue weighted by Gasteiger charge is -2.50. The van der Waals surface area contributed by atoms with Crippen molar-refractivity contribution in [2.24, 2.45) is 0 Å². The molecule has 0 unspecified atom stereocenters. The highest BCUT2D eigenvalue weighted by molar-refractivity contribution is 5.51.